The molecule has 0 aliphatic heterocycles. The lowest BCUT2D eigenvalue weighted by Crippen LogP contribution is -1.95. The molecule has 0 unspecified atom stereocenters. The van der Waals surface area contributed by atoms with Gasteiger partial charge in [0.05, 0.1) is 27.8 Å². The highest BCUT2D eigenvalue weighted by Gasteiger charge is 2.20. The number of para-hydroxylation sites is 2. The van der Waals surface area contributed by atoms with Gasteiger partial charge in [-0.15, -0.1) is 11.3 Å². The molecule has 0 saturated heterocycles. The summed E-state index contributed by atoms with van der Waals surface area (Å²) >= 11 is 1.87. The molecule has 0 bridgehead atoms. The van der Waals surface area contributed by atoms with Gasteiger partial charge >= 0.3 is 0 Å². The van der Waals surface area contributed by atoms with Crippen LogP contribution < -0.4 is 0 Å². The maximum absolute atomic E-state index is 2.50. The van der Waals surface area contributed by atoms with Gasteiger partial charge in [-0.25, -0.2) is 0 Å². The molecular weight excluding hydrogens is 637 g/mol. The monoisotopic (exact) mass is 666 g/mol. The van der Waals surface area contributed by atoms with Crippen LogP contribution in [0.3, 0.4) is 0 Å². The minimum atomic E-state index is 1.15. The minimum absolute atomic E-state index is 1.15. The minimum Gasteiger partial charge on any atom is -0.309 e. The van der Waals surface area contributed by atoms with Gasteiger partial charge in [0.15, 0.2) is 0 Å². The Balaban J connectivity index is 1.13. The first-order valence-corrected chi connectivity index (χ1v) is 18.3. The van der Waals surface area contributed by atoms with E-state index in [4.69, 9.17) is 0 Å². The molecule has 8 aromatic carbocycles. The molecule has 3 heterocycles. The average Bonchev–Trinajstić information content (AvgIpc) is 3.85. The Bertz CT molecular complexity index is 3120. The number of nitrogens with zero attached hydrogens (tertiary/aromatic N) is 2. The normalized spacial score (nSPS) is 11.9. The summed E-state index contributed by atoms with van der Waals surface area (Å²) in [6, 6.07) is 66.6. The fraction of sp³-hybridized carbons (Fsp3) is 0. The summed E-state index contributed by atoms with van der Waals surface area (Å²) in [7, 11) is 0. The fourth-order valence-corrected chi connectivity index (χ4v) is 9.35. The Hall–Kier alpha value is -6.42. The van der Waals surface area contributed by atoms with Crippen molar-refractivity contribution in [2.75, 3.05) is 0 Å². The molecule has 0 saturated carbocycles. The lowest BCUT2D eigenvalue weighted by Gasteiger charge is -2.11. The summed E-state index contributed by atoms with van der Waals surface area (Å²) in [5.74, 6) is 0. The van der Waals surface area contributed by atoms with E-state index in [9.17, 15) is 0 Å². The summed E-state index contributed by atoms with van der Waals surface area (Å²) < 4.78 is 7.57. The highest BCUT2D eigenvalue weighted by Crippen LogP contribution is 2.43. The molecule has 51 heavy (non-hydrogen) atoms. The van der Waals surface area contributed by atoms with E-state index < -0.39 is 0 Å². The van der Waals surface area contributed by atoms with E-state index >= 15 is 0 Å². The number of benzene rings is 8. The summed E-state index contributed by atoms with van der Waals surface area (Å²) in [6.45, 7) is 0. The van der Waals surface area contributed by atoms with E-state index in [2.05, 4.69) is 191 Å². The van der Waals surface area contributed by atoms with Gasteiger partial charge in [0.2, 0.25) is 0 Å². The number of thiophene rings is 1. The van der Waals surface area contributed by atoms with Crippen LogP contribution in [0.1, 0.15) is 0 Å². The first-order valence-electron chi connectivity index (χ1n) is 17.4. The Labute approximate surface area is 298 Å². The van der Waals surface area contributed by atoms with Crippen molar-refractivity contribution < 1.29 is 0 Å². The first-order chi connectivity index (χ1) is 25.3. The van der Waals surface area contributed by atoms with Gasteiger partial charge in [-0.3, -0.25) is 0 Å². The maximum Gasteiger partial charge on any atom is 0.0555 e. The van der Waals surface area contributed by atoms with Gasteiger partial charge in [0.1, 0.15) is 0 Å². The van der Waals surface area contributed by atoms with Crippen LogP contribution in [0.2, 0.25) is 0 Å². The third-order valence-electron chi connectivity index (χ3n) is 10.5. The van der Waals surface area contributed by atoms with E-state index in [0.717, 1.165) is 5.69 Å². The van der Waals surface area contributed by atoms with Gasteiger partial charge in [-0.2, -0.15) is 0 Å². The zero-order chi connectivity index (χ0) is 33.5. The van der Waals surface area contributed by atoms with Gasteiger partial charge in [0, 0.05) is 47.4 Å². The number of hydrogen-bond donors (Lipinski definition) is 0. The van der Waals surface area contributed by atoms with E-state index in [0.29, 0.717) is 0 Å². The van der Waals surface area contributed by atoms with Crippen molar-refractivity contribution in [2.24, 2.45) is 0 Å². The Morgan fingerprint density at radius 2 is 0.843 bits per heavy atom. The molecule has 0 radical (unpaired) electrons. The van der Waals surface area contributed by atoms with E-state index in [1.54, 1.807) is 0 Å². The maximum atomic E-state index is 2.50. The fourth-order valence-electron chi connectivity index (χ4n) is 8.22. The Morgan fingerprint density at radius 3 is 1.57 bits per heavy atom. The number of fused-ring (bicyclic) bond motifs is 9. The summed E-state index contributed by atoms with van der Waals surface area (Å²) in [5.41, 5.74) is 12.1. The molecule has 11 rings (SSSR count). The molecule has 0 N–H and O–H groups in total. The molecule has 3 aromatic heterocycles. The second kappa shape index (κ2) is 11.0. The van der Waals surface area contributed by atoms with Crippen molar-refractivity contribution in [3.63, 3.8) is 0 Å². The Kier molecular flexibility index (Phi) is 6.16. The van der Waals surface area contributed by atoms with Crippen LogP contribution in [0.5, 0.6) is 0 Å². The third kappa shape index (κ3) is 4.29. The van der Waals surface area contributed by atoms with Crippen molar-refractivity contribution >= 4 is 75.1 Å². The number of rotatable bonds is 4. The smallest absolute Gasteiger partial charge is 0.0555 e. The molecule has 238 valence electrons. The highest BCUT2D eigenvalue weighted by molar-refractivity contribution is 7.25. The van der Waals surface area contributed by atoms with Crippen molar-refractivity contribution in [3.8, 4) is 33.6 Å². The van der Waals surface area contributed by atoms with E-state index in [-0.39, 0.29) is 0 Å². The largest absolute Gasteiger partial charge is 0.309 e. The molecule has 2 nitrogen and oxygen atoms in total. The van der Waals surface area contributed by atoms with Gasteiger partial charge < -0.3 is 9.13 Å². The zero-order valence-corrected chi connectivity index (χ0v) is 28.4. The van der Waals surface area contributed by atoms with Crippen LogP contribution in [0.4, 0.5) is 0 Å². The summed E-state index contributed by atoms with van der Waals surface area (Å²) in [4.78, 5) is 0. The van der Waals surface area contributed by atoms with Gasteiger partial charge in [0.25, 0.3) is 0 Å². The van der Waals surface area contributed by atoms with Crippen molar-refractivity contribution in [1.82, 2.24) is 9.13 Å². The topological polar surface area (TPSA) is 9.86 Å². The number of aromatic nitrogens is 2. The first kappa shape index (κ1) is 28.4. The van der Waals surface area contributed by atoms with Crippen LogP contribution in [0, 0.1) is 0 Å². The molecule has 0 atom stereocenters. The quantitative estimate of drug-likeness (QED) is 0.177. The van der Waals surface area contributed by atoms with Crippen LogP contribution >= 0.6 is 11.3 Å². The predicted octanol–water partition coefficient (Wildman–Crippen LogP) is 13.6. The zero-order valence-electron chi connectivity index (χ0n) is 27.6. The van der Waals surface area contributed by atoms with Gasteiger partial charge in [-0.1, -0.05) is 121 Å². The molecule has 0 amide bonds. The Morgan fingerprint density at radius 1 is 0.314 bits per heavy atom. The predicted molar refractivity (Wildman–Crippen MR) is 219 cm³/mol. The summed E-state index contributed by atoms with van der Waals surface area (Å²) in [6.07, 6.45) is 0. The molecule has 0 fully saturated rings. The molecule has 0 aliphatic carbocycles. The van der Waals surface area contributed by atoms with Gasteiger partial charge in [-0.05, 0) is 82.9 Å². The standard InChI is InChI=1S/C48H30N2S/c1-2-12-31(13-3-1)33-14-10-15-34(28-33)32-24-26-35(27-25-32)49-41-19-7-4-16-36(41)39-30-45-40(29-44(39)49)37-17-5-8-20-42(37)50(45)43-21-11-23-47-48(43)38-18-6-9-22-46(38)51-47/h1-30H. The second-order valence-electron chi connectivity index (χ2n) is 13.3. The summed E-state index contributed by atoms with van der Waals surface area (Å²) in [5, 5.41) is 7.66. The number of hydrogen-bond acceptors (Lipinski definition) is 1. The molecule has 11 aromatic rings. The second-order valence-corrected chi connectivity index (χ2v) is 14.4. The SMILES string of the molecule is c1ccc(-c2cccc(-c3ccc(-n4c5ccccc5c5cc6c(cc54)c4ccccc4n6-c4cccc5sc6ccccc6c45)cc3)c2)cc1. The lowest BCUT2D eigenvalue weighted by molar-refractivity contribution is 1.18. The van der Waals surface area contributed by atoms with Crippen LogP contribution in [0.15, 0.2) is 182 Å². The van der Waals surface area contributed by atoms with Crippen molar-refractivity contribution in [3.05, 3.63) is 182 Å². The van der Waals surface area contributed by atoms with E-state index in [1.165, 1.54) is 91.7 Å². The molecular formula is C48H30N2S. The molecule has 0 aliphatic rings. The van der Waals surface area contributed by atoms with Crippen LogP contribution in [-0.2, 0) is 0 Å². The van der Waals surface area contributed by atoms with E-state index in [1.807, 2.05) is 11.3 Å². The third-order valence-corrected chi connectivity index (χ3v) is 11.7. The molecule has 3 heteroatoms. The van der Waals surface area contributed by atoms with Crippen LogP contribution in [-0.4, -0.2) is 9.13 Å². The highest BCUT2D eigenvalue weighted by atomic mass is 32.1. The lowest BCUT2D eigenvalue weighted by atomic mass is 9.99. The van der Waals surface area contributed by atoms with Crippen LogP contribution in [0.25, 0.3) is 97.4 Å². The molecule has 0 spiro atoms. The average molecular weight is 667 g/mol. The van der Waals surface area contributed by atoms with Crippen molar-refractivity contribution in [1.29, 1.82) is 0 Å². The van der Waals surface area contributed by atoms with Crippen molar-refractivity contribution in [2.45, 2.75) is 0 Å².